The van der Waals surface area contributed by atoms with Crippen LogP contribution in [0, 0.1) is 0 Å². The van der Waals surface area contributed by atoms with Gasteiger partial charge in [-0.2, -0.15) is 0 Å². The van der Waals surface area contributed by atoms with Crippen LogP contribution in [0.3, 0.4) is 0 Å². The van der Waals surface area contributed by atoms with Gasteiger partial charge in [-0.25, -0.2) is 0 Å². The van der Waals surface area contributed by atoms with E-state index in [9.17, 15) is 9.90 Å². The quantitative estimate of drug-likeness (QED) is 0.122. The van der Waals surface area contributed by atoms with Gasteiger partial charge in [0.1, 0.15) is 5.54 Å². The summed E-state index contributed by atoms with van der Waals surface area (Å²) >= 11 is 3.16. The molecule has 6 aromatic rings. The summed E-state index contributed by atoms with van der Waals surface area (Å²) in [6.07, 6.45) is 0. The highest BCUT2D eigenvalue weighted by Crippen LogP contribution is 2.52. The molecule has 0 bridgehead atoms. The van der Waals surface area contributed by atoms with Gasteiger partial charge in [-0.05, 0) is 33.4 Å². The number of benzene rings is 6. The molecule has 0 spiro atoms. The molecular formula is C42H37NO2S2. The summed E-state index contributed by atoms with van der Waals surface area (Å²) in [4.78, 5) is 13.3. The molecule has 0 aliphatic heterocycles. The van der Waals surface area contributed by atoms with Gasteiger partial charge in [-0.1, -0.05) is 182 Å². The molecule has 47 heavy (non-hydrogen) atoms. The maximum Gasteiger partial charge on any atom is 0.325 e. The summed E-state index contributed by atoms with van der Waals surface area (Å²) in [5.74, 6) is -0.686. The third kappa shape index (κ3) is 6.52. The van der Waals surface area contributed by atoms with E-state index >= 15 is 0 Å². The molecule has 0 saturated heterocycles. The Hall–Kier alpha value is -4.55. The first-order valence-electron chi connectivity index (χ1n) is 15.6. The maximum absolute atomic E-state index is 13.3. The SMILES string of the molecule is NC(CSC(c1ccccc1)(c1ccccc1)c1ccccc1)(CSC(c1ccccc1)(c1ccccc1)c1ccccc1)C(=O)O. The van der Waals surface area contributed by atoms with Crippen LogP contribution in [0.25, 0.3) is 0 Å². The first kappa shape index (κ1) is 32.4. The predicted molar refractivity (Wildman–Crippen MR) is 198 cm³/mol. The fourth-order valence-electron chi connectivity index (χ4n) is 6.18. The van der Waals surface area contributed by atoms with Gasteiger partial charge in [0, 0.05) is 11.5 Å². The highest BCUT2D eigenvalue weighted by atomic mass is 32.2. The van der Waals surface area contributed by atoms with Crippen molar-refractivity contribution < 1.29 is 9.90 Å². The van der Waals surface area contributed by atoms with Crippen molar-refractivity contribution in [3.8, 4) is 0 Å². The number of carboxylic acids is 1. The van der Waals surface area contributed by atoms with Crippen molar-refractivity contribution in [2.24, 2.45) is 5.73 Å². The summed E-state index contributed by atoms with van der Waals surface area (Å²) in [5, 5.41) is 10.9. The minimum absolute atomic E-state index is 0.169. The van der Waals surface area contributed by atoms with E-state index in [0.29, 0.717) is 0 Å². The van der Waals surface area contributed by atoms with Crippen LogP contribution in [0.4, 0.5) is 0 Å². The lowest BCUT2D eigenvalue weighted by Crippen LogP contribution is -2.54. The van der Waals surface area contributed by atoms with Crippen LogP contribution in [0.1, 0.15) is 33.4 Å². The fourth-order valence-corrected chi connectivity index (χ4v) is 9.52. The Bertz CT molecular complexity index is 1530. The molecule has 0 aromatic heterocycles. The van der Waals surface area contributed by atoms with Crippen molar-refractivity contribution >= 4 is 29.5 Å². The van der Waals surface area contributed by atoms with E-state index in [1.54, 1.807) is 23.5 Å². The second-order valence-electron chi connectivity index (χ2n) is 11.6. The summed E-state index contributed by atoms with van der Waals surface area (Å²) in [6.45, 7) is 0. The van der Waals surface area contributed by atoms with Gasteiger partial charge in [0.05, 0.1) is 9.49 Å². The number of hydrogen-bond acceptors (Lipinski definition) is 4. The number of carbonyl (C=O) groups is 1. The average Bonchev–Trinajstić information content (AvgIpc) is 3.15. The molecule has 3 N–H and O–H groups in total. The zero-order valence-electron chi connectivity index (χ0n) is 26.0. The standard InChI is InChI=1S/C42H37NO2S2/c43-40(39(44)45,31-46-41(33-19-7-1-8-20-33,34-21-9-2-10-22-34)35-23-11-3-12-24-35)32-47-42(36-25-13-4-14-26-36,37-27-15-5-16-28-37)38-29-17-6-18-30-38/h1-30H,31-32,43H2,(H,44,45). The Kier molecular flexibility index (Phi) is 9.98. The third-order valence-electron chi connectivity index (χ3n) is 8.60. The van der Waals surface area contributed by atoms with Crippen LogP contribution in [0.5, 0.6) is 0 Å². The Balaban J connectivity index is 1.45. The lowest BCUT2D eigenvalue weighted by Gasteiger charge is -2.40. The molecule has 234 valence electrons. The van der Waals surface area contributed by atoms with Crippen LogP contribution in [0.15, 0.2) is 182 Å². The van der Waals surface area contributed by atoms with Crippen LogP contribution in [0.2, 0.25) is 0 Å². The lowest BCUT2D eigenvalue weighted by atomic mass is 9.84. The van der Waals surface area contributed by atoms with Crippen molar-refractivity contribution in [2.75, 3.05) is 11.5 Å². The Labute approximate surface area is 285 Å². The average molecular weight is 652 g/mol. The Morgan fingerprint density at radius 1 is 0.426 bits per heavy atom. The minimum Gasteiger partial charge on any atom is -0.480 e. The largest absolute Gasteiger partial charge is 0.480 e. The number of hydrogen-bond donors (Lipinski definition) is 2. The molecule has 0 saturated carbocycles. The first-order valence-corrected chi connectivity index (χ1v) is 17.6. The zero-order valence-corrected chi connectivity index (χ0v) is 27.6. The first-order chi connectivity index (χ1) is 23.0. The molecule has 0 aliphatic carbocycles. The van der Waals surface area contributed by atoms with Crippen molar-refractivity contribution in [2.45, 2.75) is 15.0 Å². The van der Waals surface area contributed by atoms with Crippen molar-refractivity contribution in [1.29, 1.82) is 0 Å². The van der Waals surface area contributed by atoms with Gasteiger partial charge in [0.2, 0.25) is 0 Å². The van der Waals surface area contributed by atoms with Gasteiger partial charge < -0.3 is 10.8 Å². The lowest BCUT2D eigenvalue weighted by molar-refractivity contribution is -0.141. The molecule has 6 aromatic carbocycles. The normalized spacial score (nSPS) is 12.0. The maximum atomic E-state index is 13.3. The third-order valence-corrected chi connectivity index (χ3v) is 12.2. The minimum atomic E-state index is -1.57. The number of thioether (sulfide) groups is 2. The van der Waals surface area contributed by atoms with Gasteiger partial charge in [0.15, 0.2) is 0 Å². The fraction of sp³-hybridized carbons (Fsp3) is 0.119. The summed E-state index contributed by atoms with van der Waals surface area (Å²) in [7, 11) is 0. The summed E-state index contributed by atoms with van der Waals surface area (Å²) < 4.78 is -1.38. The molecule has 5 heteroatoms. The van der Waals surface area contributed by atoms with Gasteiger partial charge >= 0.3 is 5.97 Å². The molecular weight excluding hydrogens is 615 g/mol. The predicted octanol–water partition coefficient (Wildman–Crippen LogP) is 9.22. The van der Waals surface area contributed by atoms with E-state index in [-0.39, 0.29) is 11.5 Å². The van der Waals surface area contributed by atoms with Gasteiger partial charge in [-0.15, -0.1) is 23.5 Å². The van der Waals surface area contributed by atoms with E-state index in [2.05, 4.69) is 72.8 Å². The molecule has 0 unspecified atom stereocenters. The molecule has 0 aliphatic rings. The number of nitrogens with two attached hydrogens (primary N) is 1. The molecule has 0 amide bonds. The Morgan fingerprint density at radius 2 is 0.617 bits per heavy atom. The van der Waals surface area contributed by atoms with Crippen molar-refractivity contribution in [3.05, 3.63) is 215 Å². The second-order valence-corrected chi connectivity index (χ2v) is 14.0. The molecule has 6 rings (SSSR count). The molecule has 0 fully saturated rings. The summed E-state index contributed by atoms with van der Waals surface area (Å²) in [5.41, 5.74) is 11.9. The zero-order chi connectivity index (χ0) is 32.6. The number of carboxylic acid groups (broad SMARTS) is 1. The highest BCUT2D eigenvalue weighted by Gasteiger charge is 2.45. The molecule has 0 atom stereocenters. The van der Waals surface area contributed by atoms with Crippen LogP contribution in [-0.2, 0) is 14.3 Å². The monoisotopic (exact) mass is 651 g/mol. The summed E-state index contributed by atoms with van der Waals surface area (Å²) in [6, 6.07) is 61.9. The van der Waals surface area contributed by atoms with E-state index in [4.69, 9.17) is 5.73 Å². The molecule has 0 heterocycles. The molecule has 3 nitrogen and oxygen atoms in total. The van der Waals surface area contributed by atoms with Crippen LogP contribution in [-0.4, -0.2) is 28.1 Å². The smallest absolute Gasteiger partial charge is 0.325 e. The van der Waals surface area contributed by atoms with Crippen molar-refractivity contribution in [1.82, 2.24) is 0 Å². The van der Waals surface area contributed by atoms with E-state index in [1.165, 1.54) is 0 Å². The van der Waals surface area contributed by atoms with Crippen LogP contribution < -0.4 is 5.73 Å². The van der Waals surface area contributed by atoms with E-state index < -0.39 is 21.0 Å². The van der Waals surface area contributed by atoms with Gasteiger partial charge in [-0.3, -0.25) is 4.79 Å². The molecule has 0 radical (unpaired) electrons. The van der Waals surface area contributed by atoms with E-state index in [1.807, 2.05) is 109 Å². The van der Waals surface area contributed by atoms with E-state index in [0.717, 1.165) is 33.4 Å². The van der Waals surface area contributed by atoms with Gasteiger partial charge in [0.25, 0.3) is 0 Å². The van der Waals surface area contributed by atoms with Crippen molar-refractivity contribution in [3.63, 3.8) is 0 Å². The topological polar surface area (TPSA) is 63.3 Å². The van der Waals surface area contributed by atoms with Crippen LogP contribution >= 0.6 is 23.5 Å². The number of rotatable bonds is 13. The second kappa shape index (κ2) is 14.5. The Morgan fingerprint density at radius 3 is 0.787 bits per heavy atom. The number of aliphatic carboxylic acids is 1. The highest BCUT2D eigenvalue weighted by molar-refractivity contribution is 8.01.